The molecule has 9 heteroatoms. The van der Waals surface area contributed by atoms with Crippen LogP contribution in [0.3, 0.4) is 0 Å². The van der Waals surface area contributed by atoms with E-state index in [0.717, 1.165) is 34.7 Å². The monoisotopic (exact) mass is 463 g/mol. The van der Waals surface area contributed by atoms with Gasteiger partial charge in [-0.25, -0.2) is 12.8 Å². The normalized spacial score (nSPS) is 12.1. The van der Waals surface area contributed by atoms with E-state index >= 15 is 0 Å². The van der Waals surface area contributed by atoms with E-state index < -0.39 is 34.3 Å². The Kier molecular flexibility index (Phi) is 9.19. The van der Waals surface area contributed by atoms with E-state index in [9.17, 15) is 22.4 Å². The van der Waals surface area contributed by atoms with Crippen molar-refractivity contribution >= 4 is 27.5 Å². The maximum absolute atomic E-state index is 13.4. The standard InChI is InChI=1S/C23H30FN3O4S/c1-4-15-25-23(29)21(5-2)26(16-18-9-7-6-8-10-18)22(28)17-27(32(3,30)31)20-13-11-19(24)12-14-20/h6-14,21H,4-5,15-17H2,1-3H3,(H,25,29). The summed E-state index contributed by atoms with van der Waals surface area (Å²) < 4.78 is 39.1. The fourth-order valence-electron chi connectivity index (χ4n) is 3.29. The van der Waals surface area contributed by atoms with E-state index in [1.807, 2.05) is 37.3 Å². The molecule has 0 saturated heterocycles. The Morgan fingerprint density at radius 3 is 2.19 bits per heavy atom. The van der Waals surface area contributed by atoms with Gasteiger partial charge in [-0.2, -0.15) is 0 Å². The van der Waals surface area contributed by atoms with Gasteiger partial charge in [-0.05, 0) is 42.7 Å². The molecule has 0 heterocycles. The summed E-state index contributed by atoms with van der Waals surface area (Å²) in [6, 6.07) is 13.3. The maximum Gasteiger partial charge on any atom is 0.244 e. The van der Waals surface area contributed by atoms with Gasteiger partial charge < -0.3 is 10.2 Å². The number of sulfonamides is 1. The molecular weight excluding hydrogens is 433 g/mol. The van der Waals surface area contributed by atoms with Crippen LogP contribution in [0.5, 0.6) is 0 Å². The lowest BCUT2D eigenvalue weighted by atomic mass is 10.1. The van der Waals surface area contributed by atoms with Crippen molar-refractivity contribution < 1.29 is 22.4 Å². The number of rotatable bonds is 11. The van der Waals surface area contributed by atoms with E-state index in [0.29, 0.717) is 13.0 Å². The largest absolute Gasteiger partial charge is 0.354 e. The van der Waals surface area contributed by atoms with Gasteiger partial charge in [0.1, 0.15) is 18.4 Å². The fourth-order valence-corrected chi connectivity index (χ4v) is 4.14. The van der Waals surface area contributed by atoms with Crippen LogP contribution in [0.1, 0.15) is 32.3 Å². The van der Waals surface area contributed by atoms with Crippen LogP contribution in [0, 0.1) is 5.82 Å². The molecule has 0 aromatic heterocycles. The molecule has 0 bridgehead atoms. The molecule has 1 atom stereocenters. The topological polar surface area (TPSA) is 86.8 Å². The summed E-state index contributed by atoms with van der Waals surface area (Å²) in [7, 11) is -3.84. The molecule has 2 aromatic rings. The summed E-state index contributed by atoms with van der Waals surface area (Å²) in [5.41, 5.74) is 0.987. The van der Waals surface area contributed by atoms with Crippen LogP contribution in [-0.4, -0.2) is 50.5 Å². The zero-order chi connectivity index (χ0) is 23.7. The molecule has 174 valence electrons. The average molecular weight is 464 g/mol. The second-order valence-corrected chi connectivity index (χ2v) is 9.38. The van der Waals surface area contributed by atoms with Crippen molar-refractivity contribution in [1.82, 2.24) is 10.2 Å². The number of halogens is 1. The number of carbonyl (C=O) groups excluding carboxylic acids is 2. The highest BCUT2D eigenvalue weighted by molar-refractivity contribution is 7.92. The van der Waals surface area contributed by atoms with Crippen LogP contribution in [0.4, 0.5) is 10.1 Å². The molecule has 0 spiro atoms. The molecule has 1 N–H and O–H groups in total. The Labute approximate surface area is 189 Å². The van der Waals surface area contributed by atoms with E-state index in [4.69, 9.17) is 0 Å². The smallest absolute Gasteiger partial charge is 0.244 e. The lowest BCUT2D eigenvalue weighted by Crippen LogP contribution is -2.52. The zero-order valence-electron chi connectivity index (χ0n) is 18.6. The molecule has 1 unspecified atom stereocenters. The molecule has 2 amide bonds. The Hall–Kier alpha value is -2.94. The third-order valence-corrected chi connectivity index (χ3v) is 6.07. The van der Waals surface area contributed by atoms with Gasteiger partial charge in [-0.1, -0.05) is 44.2 Å². The Morgan fingerprint density at radius 2 is 1.66 bits per heavy atom. The number of amides is 2. The van der Waals surface area contributed by atoms with Crippen molar-refractivity contribution in [2.75, 3.05) is 23.7 Å². The quantitative estimate of drug-likeness (QED) is 0.555. The second kappa shape index (κ2) is 11.6. The van der Waals surface area contributed by atoms with Gasteiger partial charge >= 0.3 is 0 Å². The van der Waals surface area contributed by atoms with Crippen LogP contribution in [0.15, 0.2) is 54.6 Å². The lowest BCUT2D eigenvalue weighted by molar-refractivity contribution is -0.140. The summed E-state index contributed by atoms with van der Waals surface area (Å²) in [4.78, 5) is 27.6. The number of anilines is 1. The number of benzene rings is 2. The van der Waals surface area contributed by atoms with E-state index in [1.165, 1.54) is 17.0 Å². The average Bonchev–Trinajstić information content (AvgIpc) is 2.76. The van der Waals surface area contributed by atoms with Gasteiger partial charge in [0.2, 0.25) is 21.8 Å². The molecule has 32 heavy (non-hydrogen) atoms. The molecule has 0 aliphatic carbocycles. The number of hydrogen-bond donors (Lipinski definition) is 1. The van der Waals surface area contributed by atoms with Crippen molar-refractivity contribution in [2.45, 2.75) is 39.3 Å². The number of nitrogens with zero attached hydrogens (tertiary/aromatic N) is 2. The molecule has 7 nitrogen and oxygen atoms in total. The Morgan fingerprint density at radius 1 is 1.03 bits per heavy atom. The third-order valence-electron chi connectivity index (χ3n) is 4.92. The van der Waals surface area contributed by atoms with Crippen LogP contribution in [0.25, 0.3) is 0 Å². The highest BCUT2D eigenvalue weighted by Crippen LogP contribution is 2.20. The van der Waals surface area contributed by atoms with Gasteiger partial charge in [0.25, 0.3) is 0 Å². The van der Waals surface area contributed by atoms with E-state index in [1.54, 1.807) is 6.92 Å². The Bertz CT molecular complexity index is 998. The SMILES string of the molecule is CCCNC(=O)C(CC)N(Cc1ccccc1)C(=O)CN(c1ccc(F)cc1)S(C)(=O)=O. The molecule has 0 saturated carbocycles. The Balaban J connectivity index is 2.38. The third kappa shape index (κ3) is 7.05. The van der Waals surface area contributed by atoms with Gasteiger partial charge in [-0.3, -0.25) is 13.9 Å². The highest BCUT2D eigenvalue weighted by Gasteiger charge is 2.31. The minimum absolute atomic E-state index is 0.152. The summed E-state index contributed by atoms with van der Waals surface area (Å²) in [6.07, 6.45) is 2.10. The molecule has 0 aliphatic heterocycles. The molecule has 2 aromatic carbocycles. The fraction of sp³-hybridized carbons (Fsp3) is 0.391. The van der Waals surface area contributed by atoms with E-state index in [-0.39, 0.29) is 18.1 Å². The van der Waals surface area contributed by atoms with Crippen molar-refractivity contribution in [3.63, 3.8) is 0 Å². The molecule has 0 fully saturated rings. The van der Waals surface area contributed by atoms with Gasteiger partial charge in [0, 0.05) is 13.1 Å². The predicted molar refractivity (Wildman–Crippen MR) is 123 cm³/mol. The lowest BCUT2D eigenvalue weighted by Gasteiger charge is -2.32. The minimum Gasteiger partial charge on any atom is -0.354 e. The summed E-state index contributed by atoms with van der Waals surface area (Å²) in [6.45, 7) is 3.86. The van der Waals surface area contributed by atoms with Crippen LogP contribution in [0.2, 0.25) is 0 Å². The molecule has 0 aliphatic rings. The minimum atomic E-state index is -3.84. The van der Waals surface area contributed by atoms with Crippen molar-refractivity contribution in [1.29, 1.82) is 0 Å². The van der Waals surface area contributed by atoms with Crippen LogP contribution >= 0.6 is 0 Å². The second-order valence-electron chi connectivity index (χ2n) is 7.47. The van der Waals surface area contributed by atoms with Crippen molar-refractivity contribution in [3.8, 4) is 0 Å². The molecule has 2 rings (SSSR count). The predicted octanol–water partition coefficient (Wildman–Crippen LogP) is 2.93. The first-order chi connectivity index (χ1) is 15.2. The van der Waals surface area contributed by atoms with Gasteiger partial charge in [0.05, 0.1) is 11.9 Å². The van der Waals surface area contributed by atoms with Gasteiger partial charge in [0.15, 0.2) is 0 Å². The van der Waals surface area contributed by atoms with Crippen LogP contribution < -0.4 is 9.62 Å². The first kappa shape index (κ1) is 25.3. The first-order valence-corrected chi connectivity index (χ1v) is 12.4. The zero-order valence-corrected chi connectivity index (χ0v) is 19.4. The summed E-state index contributed by atoms with van der Waals surface area (Å²) in [5.74, 6) is -1.33. The van der Waals surface area contributed by atoms with Crippen molar-refractivity contribution in [3.05, 3.63) is 66.0 Å². The molecule has 0 radical (unpaired) electrons. The van der Waals surface area contributed by atoms with E-state index in [2.05, 4.69) is 5.32 Å². The number of hydrogen-bond acceptors (Lipinski definition) is 4. The van der Waals surface area contributed by atoms with Crippen molar-refractivity contribution in [2.24, 2.45) is 0 Å². The summed E-state index contributed by atoms with van der Waals surface area (Å²) >= 11 is 0. The maximum atomic E-state index is 13.4. The number of nitrogens with one attached hydrogen (secondary N) is 1. The summed E-state index contributed by atoms with van der Waals surface area (Å²) in [5, 5.41) is 2.82. The molecular formula is C23H30FN3O4S. The highest BCUT2D eigenvalue weighted by atomic mass is 32.2. The van der Waals surface area contributed by atoms with Crippen LogP contribution in [-0.2, 0) is 26.2 Å². The van der Waals surface area contributed by atoms with Gasteiger partial charge in [-0.15, -0.1) is 0 Å². The first-order valence-electron chi connectivity index (χ1n) is 10.5. The number of carbonyl (C=O) groups is 2.